The zero-order chi connectivity index (χ0) is 9.35. The van der Waals surface area contributed by atoms with E-state index in [0.29, 0.717) is 0 Å². The van der Waals surface area contributed by atoms with Crippen LogP contribution in [-0.2, 0) is 4.79 Å². The largest absolute Gasteiger partial charge is 0.385 e. The highest BCUT2D eigenvalue weighted by molar-refractivity contribution is 5.94. The minimum absolute atomic E-state index is 0.0301. The van der Waals surface area contributed by atoms with Crippen LogP contribution in [0.4, 0.5) is 0 Å². The molecule has 4 nitrogen and oxygen atoms in total. The second-order valence-corrected chi connectivity index (χ2v) is 2.97. The normalized spacial score (nSPS) is 34.6. The van der Waals surface area contributed by atoms with Crippen LogP contribution in [0.5, 0.6) is 0 Å². The lowest BCUT2D eigenvalue weighted by molar-refractivity contribution is -0.117. The van der Waals surface area contributed by atoms with Gasteiger partial charge in [-0.05, 0) is 6.92 Å². The summed E-state index contributed by atoms with van der Waals surface area (Å²) in [6, 6.07) is 0. The fraction of sp³-hybridized carbons (Fsp3) is 0.375. The maximum Gasteiger partial charge on any atom is 0.247 e. The summed E-state index contributed by atoms with van der Waals surface area (Å²) in [6.45, 7) is 1.41. The van der Waals surface area contributed by atoms with E-state index in [1.165, 1.54) is 25.2 Å². The summed E-state index contributed by atoms with van der Waals surface area (Å²) in [7, 11) is 0. The van der Waals surface area contributed by atoms with Crippen molar-refractivity contribution in [1.29, 1.82) is 0 Å². The molecule has 0 radical (unpaired) electrons. The molecule has 0 spiro atoms. The molecule has 0 aliphatic heterocycles. The molecule has 2 unspecified atom stereocenters. The van der Waals surface area contributed by atoms with Gasteiger partial charge in [-0.25, -0.2) is 0 Å². The number of primary amides is 1. The first kappa shape index (κ1) is 8.96. The van der Waals surface area contributed by atoms with Gasteiger partial charge >= 0.3 is 0 Å². The molecule has 0 aromatic rings. The standard InChI is InChI=1S/C8H11NO3/c1-8(12)4-2-3-5(6(8)10)7(9)11/h2-4,6,10,12H,1H3,(H2,9,11). The van der Waals surface area contributed by atoms with Gasteiger partial charge in [-0.15, -0.1) is 0 Å². The number of aliphatic hydroxyl groups excluding tert-OH is 1. The summed E-state index contributed by atoms with van der Waals surface area (Å²) in [6.07, 6.45) is 3.06. The van der Waals surface area contributed by atoms with E-state index < -0.39 is 17.6 Å². The number of allylic oxidation sites excluding steroid dienone is 2. The zero-order valence-electron chi connectivity index (χ0n) is 6.69. The molecular formula is C8H11NO3. The van der Waals surface area contributed by atoms with Crippen LogP contribution in [0.2, 0.25) is 0 Å². The van der Waals surface area contributed by atoms with Crippen LogP contribution in [0.1, 0.15) is 6.92 Å². The van der Waals surface area contributed by atoms with Crippen molar-refractivity contribution in [2.45, 2.75) is 18.6 Å². The second kappa shape index (κ2) is 2.73. The third-order valence-corrected chi connectivity index (χ3v) is 1.84. The Hall–Kier alpha value is -1.13. The molecule has 12 heavy (non-hydrogen) atoms. The predicted molar refractivity (Wildman–Crippen MR) is 43.0 cm³/mol. The SMILES string of the molecule is CC1(O)C=CC=C(C(N)=O)C1O. The number of hydrogen-bond donors (Lipinski definition) is 3. The van der Waals surface area contributed by atoms with Crippen molar-refractivity contribution in [3.8, 4) is 0 Å². The summed E-state index contributed by atoms with van der Waals surface area (Å²) in [5.41, 5.74) is 3.59. The summed E-state index contributed by atoms with van der Waals surface area (Å²) >= 11 is 0. The Labute approximate surface area is 70.0 Å². The second-order valence-electron chi connectivity index (χ2n) is 2.97. The Morgan fingerprint density at radius 3 is 2.75 bits per heavy atom. The lowest BCUT2D eigenvalue weighted by Gasteiger charge is -2.28. The maximum absolute atomic E-state index is 10.7. The van der Waals surface area contributed by atoms with E-state index in [0.717, 1.165) is 0 Å². The van der Waals surface area contributed by atoms with Crippen LogP contribution < -0.4 is 5.73 Å². The summed E-state index contributed by atoms with van der Waals surface area (Å²) in [4.78, 5) is 10.7. The zero-order valence-corrected chi connectivity index (χ0v) is 6.69. The number of nitrogens with two attached hydrogens (primary N) is 1. The Balaban J connectivity index is 2.99. The lowest BCUT2D eigenvalue weighted by atomic mass is 9.88. The Morgan fingerprint density at radius 2 is 2.33 bits per heavy atom. The van der Waals surface area contributed by atoms with Crippen molar-refractivity contribution < 1.29 is 15.0 Å². The van der Waals surface area contributed by atoms with E-state index in [-0.39, 0.29) is 5.57 Å². The molecule has 1 aliphatic carbocycles. The fourth-order valence-electron chi connectivity index (χ4n) is 1.06. The van der Waals surface area contributed by atoms with Crippen molar-refractivity contribution in [3.05, 3.63) is 23.8 Å². The molecule has 4 heteroatoms. The molecule has 0 saturated carbocycles. The fourth-order valence-corrected chi connectivity index (χ4v) is 1.06. The molecule has 0 heterocycles. The highest BCUT2D eigenvalue weighted by Gasteiger charge is 2.34. The molecule has 0 fully saturated rings. The smallest absolute Gasteiger partial charge is 0.247 e. The van der Waals surface area contributed by atoms with E-state index in [2.05, 4.69) is 0 Å². The lowest BCUT2D eigenvalue weighted by Crippen LogP contribution is -2.43. The van der Waals surface area contributed by atoms with E-state index in [9.17, 15) is 15.0 Å². The van der Waals surface area contributed by atoms with Gasteiger partial charge in [0.2, 0.25) is 5.91 Å². The van der Waals surface area contributed by atoms with Gasteiger partial charge in [-0.2, -0.15) is 0 Å². The average Bonchev–Trinajstić information content (AvgIpc) is 1.94. The first-order chi connectivity index (χ1) is 5.45. The third kappa shape index (κ3) is 1.39. The number of rotatable bonds is 1. The topological polar surface area (TPSA) is 83.5 Å². The number of hydrogen-bond acceptors (Lipinski definition) is 3. The monoisotopic (exact) mass is 169 g/mol. The van der Waals surface area contributed by atoms with Gasteiger partial charge in [0.15, 0.2) is 0 Å². The van der Waals surface area contributed by atoms with Crippen LogP contribution in [0.25, 0.3) is 0 Å². The molecule has 0 saturated heterocycles. The van der Waals surface area contributed by atoms with E-state index in [1.54, 1.807) is 0 Å². The molecule has 0 aromatic heterocycles. The van der Waals surface area contributed by atoms with Crippen molar-refractivity contribution in [1.82, 2.24) is 0 Å². The first-order valence-corrected chi connectivity index (χ1v) is 3.55. The number of aliphatic hydroxyl groups is 2. The van der Waals surface area contributed by atoms with Crippen LogP contribution in [0.15, 0.2) is 23.8 Å². The molecule has 66 valence electrons. The van der Waals surface area contributed by atoms with E-state index >= 15 is 0 Å². The summed E-state index contributed by atoms with van der Waals surface area (Å²) in [5.74, 6) is -0.716. The van der Waals surface area contributed by atoms with Crippen LogP contribution in [0, 0.1) is 0 Å². The number of carbonyl (C=O) groups excluding carboxylic acids is 1. The van der Waals surface area contributed by atoms with Crippen molar-refractivity contribution in [2.24, 2.45) is 5.73 Å². The number of carbonyl (C=O) groups is 1. The molecule has 2 atom stereocenters. The third-order valence-electron chi connectivity index (χ3n) is 1.84. The van der Waals surface area contributed by atoms with E-state index in [4.69, 9.17) is 5.73 Å². The van der Waals surface area contributed by atoms with Crippen molar-refractivity contribution >= 4 is 5.91 Å². The van der Waals surface area contributed by atoms with Crippen molar-refractivity contribution in [2.75, 3.05) is 0 Å². The van der Waals surface area contributed by atoms with Gasteiger partial charge < -0.3 is 15.9 Å². The van der Waals surface area contributed by atoms with Crippen LogP contribution in [-0.4, -0.2) is 27.8 Å². The van der Waals surface area contributed by atoms with E-state index in [1.807, 2.05) is 0 Å². The molecule has 0 aromatic carbocycles. The van der Waals surface area contributed by atoms with Gasteiger partial charge in [-0.1, -0.05) is 18.2 Å². The molecule has 4 N–H and O–H groups in total. The maximum atomic E-state index is 10.7. The van der Waals surface area contributed by atoms with Gasteiger partial charge in [0.1, 0.15) is 11.7 Å². The summed E-state index contributed by atoms with van der Waals surface area (Å²) in [5, 5.41) is 18.9. The summed E-state index contributed by atoms with van der Waals surface area (Å²) < 4.78 is 0. The Kier molecular flexibility index (Phi) is 2.04. The average molecular weight is 169 g/mol. The van der Waals surface area contributed by atoms with Crippen LogP contribution >= 0.6 is 0 Å². The van der Waals surface area contributed by atoms with Gasteiger partial charge in [0, 0.05) is 5.57 Å². The predicted octanol–water partition coefficient (Wildman–Crippen LogP) is -0.920. The molecular weight excluding hydrogens is 158 g/mol. The van der Waals surface area contributed by atoms with Gasteiger partial charge in [0.25, 0.3) is 0 Å². The highest BCUT2D eigenvalue weighted by atomic mass is 16.3. The minimum atomic E-state index is -1.40. The number of amides is 1. The molecule has 1 rings (SSSR count). The first-order valence-electron chi connectivity index (χ1n) is 3.55. The Bertz CT molecular complexity index is 265. The molecule has 1 amide bonds. The highest BCUT2D eigenvalue weighted by Crippen LogP contribution is 2.22. The quantitative estimate of drug-likeness (QED) is 0.474. The van der Waals surface area contributed by atoms with Crippen LogP contribution in [0.3, 0.4) is 0 Å². The Morgan fingerprint density at radius 1 is 1.75 bits per heavy atom. The minimum Gasteiger partial charge on any atom is -0.385 e. The van der Waals surface area contributed by atoms with Gasteiger partial charge in [-0.3, -0.25) is 4.79 Å². The van der Waals surface area contributed by atoms with Gasteiger partial charge in [0.05, 0.1) is 0 Å². The molecule has 1 aliphatic rings. The molecule has 0 bridgehead atoms. The van der Waals surface area contributed by atoms with Crippen molar-refractivity contribution in [3.63, 3.8) is 0 Å².